The Balaban J connectivity index is 2.13. The molecule has 1 amide bonds. The van der Waals surface area contributed by atoms with E-state index in [4.69, 9.17) is 11.6 Å². The van der Waals surface area contributed by atoms with Crippen molar-refractivity contribution in [3.05, 3.63) is 59.1 Å². The average Bonchev–Trinajstić information content (AvgIpc) is 2.41. The van der Waals surface area contributed by atoms with Crippen LogP contribution in [0.1, 0.15) is 10.4 Å². The highest BCUT2D eigenvalue weighted by Crippen LogP contribution is 2.16. The predicted octanol–water partition coefficient (Wildman–Crippen LogP) is 3.29. The minimum Gasteiger partial charge on any atom is -0.322 e. The molecule has 0 aliphatic carbocycles. The lowest BCUT2D eigenvalue weighted by atomic mass is 10.2. The highest BCUT2D eigenvalue weighted by molar-refractivity contribution is 7.61. The van der Waals surface area contributed by atoms with Gasteiger partial charge in [0.15, 0.2) is 0 Å². The number of carbonyl (C=O) groups is 1. The van der Waals surface area contributed by atoms with E-state index in [-0.39, 0.29) is 11.6 Å². The van der Waals surface area contributed by atoms with Crippen LogP contribution in [0.4, 0.5) is 11.4 Å². The molecule has 102 valence electrons. The fourth-order valence-corrected chi connectivity index (χ4v) is 1.92. The average molecular weight is 309 g/mol. The molecule has 0 saturated heterocycles. The number of benzene rings is 2. The molecule has 0 atom stereocenters. The molecule has 2 aromatic rings. The summed E-state index contributed by atoms with van der Waals surface area (Å²) in [4.78, 5) is 11.9. The summed E-state index contributed by atoms with van der Waals surface area (Å²) in [6, 6.07) is 12.6. The van der Waals surface area contributed by atoms with Crippen LogP contribution in [-0.4, -0.2) is 14.3 Å². The van der Waals surface area contributed by atoms with E-state index in [2.05, 4.69) is 9.68 Å². The number of hydrogen-bond donors (Lipinski definition) is 1. The second-order valence-electron chi connectivity index (χ2n) is 3.82. The summed E-state index contributed by atoms with van der Waals surface area (Å²) in [6.45, 7) is 0. The standard InChI is InChI=1S/C13H9ClN2O3S/c14-10-3-7-11(8-4-10)15-13(17)9-1-5-12(6-2-9)16-20(18)19/h1-8H,(H,15,17). The van der Waals surface area contributed by atoms with Gasteiger partial charge in [-0.3, -0.25) is 4.79 Å². The third-order valence-electron chi connectivity index (χ3n) is 2.41. The quantitative estimate of drug-likeness (QED) is 0.945. The zero-order chi connectivity index (χ0) is 14.5. The van der Waals surface area contributed by atoms with Crippen molar-refractivity contribution in [2.24, 2.45) is 4.36 Å². The minimum atomic E-state index is -2.51. The molecule has 0 heterocycles. The number of amides is 1. The summed E-state index contributed by atoms with van der Waals surface area (Å²) < 4.78 is 24.1. The van der Waals surface area contributed by atoms with E-state index in [1.807, 2.05) is 0 Å². The topological polar surface area (TPSA) is 75.6 Å². The Morgan fingerprint density at radius 1 is 1.00 bits per heavy atom. The zero-order valence-electron chi connectivity index (χ0n) is 10.1. The molecule has 0 bridgehead atoms. The summed E-state index contributed by atoms with van der Waals surface area (Å²) >= 11 is 5.75. The first kappa shape index (κ1) is 14.2. The van der Waals surface area contributed by atoms with Crippen molar-refractivity contribution >= 4 is 39.4 Å². The number of carbonyl (C=O) groups excluding carboxylic acids is 1. The van der Waals surface area contributed by atoms with E-state index >= 15 is 0 Å². The van der Waals surface area contributed by atoms with Gasteiger partial charge in [-0.1, -0.05) is 11.6 Å². The first-order valence-electron chi connectivity index (χ1n) is 5.53. The van der Waals surface area contributed by atoms with Crippen molar-refractivity contribution in [2.75, 3.05) is 5.32 Å². The molecule has 5 nitrogen and oxygen atoms in total. The van der Waals surface area contributed by atoms with Gasteiger partial charge in [-0.25, -0.2) is 0 Å². The third kappa shape index (κ3) is 3.91. The normalized spacial score (nSPS) is 9.85. The van der Waals surface area contributed by atoms with Gasteiger partial charge in [0.1, 0.15) is 0 Å². The van der Waals surface area contributed by atoms with Crippen LogP contribution in [0.5, 0.6) is 0 Å². The smallest absolute Gasteiger partial charge is 0.316 e. The molecular weight excluding hydrogens is 300 g/mol. The van der Waals surface area contributed by atoms with Gasteiger partial charge >= 0.3 is 10.5 Å². The lowest BCUT2D eigenvalue weighted by Crippen LogP contribution is -2.11. The molecule has 7 heteroatoms. The van der Waals surface area contributed by atoms with Gasteiger partial charge in [-0.2, -0.15) is 8.42 Å². The van der Waals surface area contributed by atoms with Crippen molar-refractivity contribution in [1.82, 2.24) is 0 Å². The Morgan fingerprint density at radius 3 is 2.15 bits per heavy atom. The van der Waals surface area contributed by atoms with Crippen molar-refractivity contribution in [1.29, 1.82) is 0 Å². The Hall–Kier alpha value is -2.18. The van der Waals surface area contributed by atoms with Crippen LogP contribution >= 0.6 is 11.6 Å². The lowest BCUT2D eigenvalue weighted by molar-refractivity contribution is 0.102. The van der Waals surface area contributed by atoms with Crippen LogP contribution < -0.4 is 5.32 Å². The van der Waals surface area contributed by atoms with Crippen LogP contribution in [0.15, 0.2) is 52.9 Å². The summed E-state index contributed by atoms with van der Waals surface area (Å²) in [7, 11) is -2.51. The molecule has 1 N–H and O–H groups in total. The molecule has 0 aromatic heterocycles. The van der Waals surface area contributed by atoms with Crippen LogP contribution in [0, 0.1) is 0 Å². The summed E-state index contributed by atoms with van der Waals surface area (Å²) in [5.74, 6) is -0.304. The zero-order valence-corrected chi connectivity index (χ0v) is 11.6. The number of nitrogens with zero attached hydrogens (tertiary/aromatic N) is 1. The summed E-state index contributed by atoms with van der Waals surface area (Å²) in [5, 5.41) is 3.28. The molecule has 2 aromatic carbocycles. The van der Waals surface area contributed by atoms with E-state index in [0.717, 1.165) is 0 Å². The maximum Gasteiger partial charge on any atom is 0.316 e. The van der Waals surface area contributed by atoms with Crippen LogP contribution in [0.2, 0.25) is 5.02 Å². The highest BCUT2D eigenvalue weighted by atomic mass is 35.5. The molecule has 0 aliphatic heterocycles. The van der Waals surface area contributed by atoms with E-state index < -0.39 is 10.5 Å². The van der Waals surface area contributed by atoms with Gasteiger partial charge in [-0.05, 0) is 48.5 Å². The van der Waals surface area contributed by atoms with Gasteiger partial charge in [0.2, 0.25) is 0 Å². The SMILES string of the molecule is O=C(Nc1ccc(Cl)cc1)c1ccc(N=S(=O)=O)cc1. The maximum absolute atomic E-state index is 11.9. The van der Waals surface area contributed by atoms with E-state index in [0.29, 0.717) is 16.3 Å². The van der Waals surface area contributed by atoms with Crippen molar-refractivity contribution in [3.63, 3.8) is 0 Å². The molecule has 20 heavy (non-hydrogen) atoms. The van der Waals surface area contributed by atoms with Gasteiger partial charge in [-0.15, -0.1) is 4.36 Å². The van der Waals surface area contributed by atoms with E-state index in [1.165, 1.54) is 24.3 Å². The molecule has 0 saturated carbocycles. The molecule has 0 radical (unpaired) electrons. The lowest BCUT2D eigenvalue weighted by Gasteiger charge is -2.05. The molecule has 0 fully saturated rings. The molecule has 0 aliphatic rings. The Kier molecular flexibility index (Phi) is 4.49. The fourth-order valence-electron chi connectivity index (χ4n) is 1.50. The van der Waals surface area contributed by atoms with E-state index in [1.54, 1.807) is 24.3 Å². The monoisotopic (exact) mass is 308 g/mol. The van der Waals surface area contributed by atoms with Gasteiger partial charge in [0, 0.05) is 16.3 Å². The number of hydrogen-bond acceptors (Lipinski definition) is 4. The highest BCUT2D eigenvalue weighted by Gasteiger charge is 2.05. The molecular formula is C13H9ClN2O3S. The first-order chi connectivity index (χ1) is 9.54. The minimum absolute atomic E-state index is 0.265. The van der Waals surface area contributed by atoms with Gasteiger partial charge < -0.3 is 5.32 Å². The van der Waals surface area contributed by atoms with Crippen LogP contribution in [0.25, 0.3) is 0 Å². The number of anilines is 1. The maximum atomic E-state index is 11.9. The van der Waals surface area contributed by atoms with Gasteiger partial charge in [0.05, 0.1) is 5.69 Å². The molecule has 0 unspecified atom stereocenters. The largest absolute Gasteiger partial charge is 0.322 e. The van der Waals surface area contributed by atoms with Crippen LogP contribution in [0.3, 0.4) is 0 Å². The second kappa shape index (κ2) is 6.31. The second-order valence-corrected chi connectivity index (χ2v) is 4.87. The van der Waals surface area contributed by atoms with Crippen molar-refractivity contribution in [2.45, 2.75) is 0 Å². The molecule has 2 rings (SSSR count). The molecule has 0 spiro atoms. The van der Waals surface area contributed by atoms with Crippen molar-refractivity contribution < 1.29 is 13.2 Å². The first-order valence-corrected chi connectivity index (χ1v) is 6.94. The Bertz CT molecular complexity index is 745. The van der Waals surface area contributed by atoms with Crippen molar-refractivity contribution in [3.8, 4) is 0 Å². The number of nitrogens with one attached hydrogen (secondary N) is 1. The summed E-state index contributed by atoms with van der Waals surface area (Å²) in [6.07, 6.45) is 0. The predicted molar refractivity (Wildman–Crippen MR) is 76.9 cm³/mol. The fraction of sp³-hybridized carbons (Fsp3) is 0. The summed E-state index contributed by atoms with van der Waals surface area (Å²) in [5.41, 5.74) is 1.28. The van der Waals surface area contributed by atoms with Gasteiger partial charge in [0.25, 0.3) is 5.91 Å². The number of halogens is 1. The Morgan fingerprint density at radius 2 is 1.60 bits per heavy atom. The third-order valence-corrected chi connectivity index (χ3v) is 3.02. The van der Waals surface area contributed by atoms with E-state index in [9.17, 15) is 13.2 Å². The number of rotatable bonds is 3. The van der Waals surface area contributed by atoms with Crippen LogP contribution in [-0.2, 0) is 10.5 Å². The Labute approximate surface area is 121 Å².